The quantitative estimate of drug-likeness (QED) is 0.485. The monoisotopic (exact) mass is 247 g/mol. The lowest BCUT2D eigenvalue weighted by atomic mass is 10.0. The molecule has 0 radical (unpaired) electrons. The second kappa shape index (κ2) is 5.98. The fraction of sp³-hybridized carbons (Fsp3) is 0.500. The van der Waals surface area contributed by atoms with Crippen LogP contribution in [0.4, 0.5) is 0 Å². The van der Waals surface area contributed by atoms with Gasteiger partial charge in [0.1, 0.15) is 0 Å². The van der Waals surface area contributed by atoms with Crippen LogP contribution in [0.2, 0.25) is 0 Å². The van der Waals surface area contributed by atoms with Crippen molar-refractivity contribution in [3.05, 3.63) is 35.4 Å². The molecule has 1 heterocycles. The Balaban J connectivity index is 2.15. The molecule has 2 rings (SSSR count). The maximum absolute atomic E-state index is 11.7. The molecule has 1 aliphatic rings. The number of benzene rings is 1. The largest absolute Gasteiger partial charge is 0.296 e. The summed E-state index contributed by atoms with van der Waals surface area (Å²) in [4.78, 5) is 14.1. The van der Waals surface area contributed by atoms with Gasteiger partial charge >= 0.3 is 0 Å². The molecule has 1 fully saturated rings. The van der Waals surface area contributed by atoms with Gasteiger partial charge in [0.2, 0.25) is 0 Å². The van der Waals surface area contributed by atoms with Crippen LogP contribution in [0.25, 0.3) is 0 Å². The van der Waals surface area contributed by atoms with Gasteiger partial charge in [-0.25, -0.2) is 5.84 Å². The predicted octanol–water partition coefficient (Wildman–Crippen LogP) is 1.66. The van der Waals surface area contributed by atoms with E-state index >= 15 is 0 Å². The van der Waals surface area contributed by atoms with E-state index in [1.807, 2.05) is 24.3 Å². The molecule has 4 nitrogen and oxygen atoms in total. The van der Waals surface area contributed by atoms with Gasteiger partial charge in [-0.15, -0.1) is 0 Å². The van der Waals surface area contributed by atoms with Gasteiger partial charge in [0, 0.05) is 18.2 Å². The summed E-state index contributed by atoms with van der Waals surface area (Å²) in [5, 5.41) is 0. The fourth-order valence-electron chi connectivity index (χ4n) is 2.57. The molecule has 1 unspecified atom stereocenters. The average molecular weight is 247 g/mol. The predicted molar refractivity (Wildman–Crippen MR) is 71.8 cm³/mol. The molecule has 1 saturated heterocycles. The Hall–Kier alpha value is -1.39. The van der Waals surface area contributed by atoms with Crippen LogP contribution in [0.5, 0.6) is 0 Å². The van der Waals surface area contributed by atoms with Crippen molar-refractivity contribution in [1.82, 2.24) is 10.3 Å². The summed E-state index contributed by atoms with van der Waals surface area (Å²) in [6.45, 7) is 4.19. The molecule has 1 amide bonds. The fourth-order valence-corrected chi connectivity index (χ4v) is 2.57. The lowest BCUT2D eigenvalue weighted by molar-refractivity contribution is 0.0949. The van der Waals surface area contributed by atoms with E-state index < -0.39 is 0 Å². The standard InChI is InChI=1S/C14H21N3O/c1-11-6-4-5-9-17(11)10-12-7-2-3-8-13(12)14(18)16-15/h2-3,7-8,11H,4-6,9-10,15H2,1H3,(H,16,18). The van der Waals surface area contributed by atoms with Crippen LogP contribution in [-0.2, 0) is 6.54 Å². The van der Waals surface area contributed by atoms with Gasteiger partial charge in [0.05, 0.1) is 0 Å². The van der Waals surface area contributed by atoms with E-state index in [1.165, 1.54) is 19.3 Å². The first kappa shape index (κ1) is 13.1. The number of hydrogen-bond acceptors (Lipinski definition) is 3. The highest BCUT2D eigenvalue weighted by molar-refractivity contribution is 5.95. The number of carbonyl (C=O) groups is 1. The van der Waals surface area contributed by atoms with Crippen LogP contribution >= 0.6 is 0 Å². The zero-order chi connectivity index (χ0) is 13.0. The van der Waals surface area contributed by atoms with Crippen molar-refractivity contribution in [3.63, 3.8) is 0 Å². The molecule has 0 bridgehead atoms. The summed E-state index contributed by atoms with van der Waals surface area (Å²) in [5.41, 5.74) is 3.94. The number of rotatable bonds is 3. The Labute approximate surface area is 108 Å². The number of hydrogen-bond donors (Lipinski definition) is 2. The smallest absolute Gasteiger partial charge is 0.265 e. The molecule has 1 atom stereocenters. The Morgan fingerprint density at radius 2 is 2.22 bits per heavy atom. The van der Waals surface area contributed by atoms with E-state index in [2.05, 4.69) is 17.2 Å². The first-order valence-electron chi connectivity index (χ1n) is 6.55. The number of hydrazine groups is 1. The number of nitrogens with one attached hydrogen (secondary N) is 1. The molecule has 1 aliphatic heterocycles. The number of nitrogens with zero attached hydrogens (tertiary/aromatic N) is 1. The van der Waals surface area contributed by atoms with Gasteiger partial charge in [0.15, 0.2) is 0 Å². The van der Waals surface area contributed by atoms with Gasteiger partial charge in [0.25, 0.3) is 5.91 Å². The van der Waals surface area contributed by atoms with Crippen molar-refractivity contribution in [2.45, 2.75) is 38.8 Å². The zero-order valence-electron chi connectivity index (χ0n) is 10.9. The summed E-state index contributed by atoms with van der Waals surface area (Å²) in [6.07, 6.45) is 3.80. The molecule has 0 spiro atoms. The van der Waals surface area contributed by atoms with Crippen molar-refractivity contribution in [2.75, 3.05) is 6.54 Å². The SMILES string of the molecule is CC1CCCCN1Cc1ccccc1C(=O)NN. The van der Waals surface area contributed by atoms with Crippen LogP contribution in [0.15, 0.2) is 24.3 Å². The molecule has 0 aliphatic carbocycles. The van der Waals surface area contributed by atoms with E-state index in [9.17, 15) is 4.79 Å². The van der Waals surface area contributed by atoms with Crippen LogP contribution in [0, 0.1) is 0 Å². The number of nitrogens with two attached hydrogens (primary N) is 1. The molecule has 1 aromatic rings. The Morgan fingerprint density at radius 3 is 2.94 bits per heavy atom. The number of piperidine rings is 1. The average Bonchev–Trinajstić information content (AvgIpc) is 2.41. The third-order valence-corrected chi connectivity index (χ3v) is 3.71. The van der Waals surface area contributed by atoms with Gasteiger partial charge in [-0.1, -0.05) is 24.6 Å². The second-order valence-electron chi connectivity index (χ2n) is 4.95. The lowest BCUT2D eigenvalue weighted by Gasteiger charge is -2.33. The van der Waals surface area contributed by atoms with Gasteiger partial charge < -0.3 is 0 Å². The van der Waals surface area contributed by atoms with E-state index in [1.54, 1.807) is 0 Å². The summed E-state index contributed by atoms with van der Waals surface area (Å²) < 4.78 is 0. The van der Waals surface area contributed by atoms with Crippen molar-refractivity contribution < 1.29 is 4.79 Å². The van der Waals surface area contributed by atoms with Crippen LogP contribution in [0.3, 0.4) is 0 Å². The molecule has 0 saturated carbocycles. The van der Waals surface area contributed by atoms with E-state index in [4.69, 9.17) is 5.84 Å². The highest BCUT2D eigenvalue weighted by Gasteiger charge is 2.20. The molecular weight excluding hydrogens is 226 g/mol. The number of nitrogen functional groups attached to an aromatic ring is 1. The molecule has 3 N–H and O–H groups in total. The summed E-state index contributed by atoms with van der Waals surface area (Å²) in [6, 6.07) is 8.26. The summed E-state index contributed by atoms with van der Waals surface area (Å²) in [5.74, 6) is 5.01. The zero-order valence-corrected chi connectivity index (χ0v) is 10.9. The number of likely N-dealkylation sites (tertiary alicyclic amines) is 1. The van der Waals surface area contributed by atoms with Crippen molar-refractivity contribution in [2.24, 2.45) is 5.84 Å². The molecule has 4 heteroatoms. The van der Waals surface area contributed by atoms with E-state index in [0.29, 0.717) is 11.6 Å². The second-order valence-corrected chi connectivity index (χ2v) is 4.95. The number of amides is 1. The molecule has 98 valence electrons. The minimum Gasteiger partial charge on any atom is -0.296 e. The topological polar surface area (TPSA) is 58.4 Å². The van der Waals surface area contributed by atoms with E-state index in [0.717, 1.165) is 18.7 Å². The summed E-state index contributed by atoms with van der Waals surface area (Å²) >= 11 is 0. The minimum absolute atomic E-state index is 0.213. The minimum atomic E-state index is -0.213. The Morgan fingerprint density at radius 1 is 1.44 bits per heavy atom. The third kappa shape index (κ3) is 2.89. The first-order valence-corrected chi connectivity index (χ1v) is 6.55. The van der Waals surface area contributed by atoms with Crippen molar-refractivity contribution in [3.8, 4) is 0 Å². The Kier molecular flexibility index (Phi) is 4.33. The van der Waals surface area contributed by atoms with Crippen molar-refractivity contribution in [1.29, 1.82) is 0 Å². The maximum Gasteiger partial charge on any atom is 0.265 e. The number of carbonyl (C=O) groups excluding carboxylic acids is 1. The Bertz CT molecular complexity index is 419. The molecule has 1 aromatic carbocycles. The lowest BCUT2D eigenvalue weighted by Crippen LogP contribution is -2.38. The van der Waals surface area contributed by atoms with Crippen molar-refractivity contribution >= 4 is 5.91 Å². The first-order chi connectivity index (χ1) is 8.72. The highest BCUT2D eigenvalue weighted by atomic mass is 16.2. The highest BCUT2D eigenvalue weighted by Crippen LogP contribution is 2.20. The van der Waals surface area contributed by atoms with Gasteiger partial charge in [-0.3, -0.25) is 15.1 Å². The van der Waals surface area contributed by atoms with Crippen LogP contribution in [0.1, 0.15) is 42.1 Å². The van der Waals surface area contributed by atoms with Gasteiger partial charge in [-0.2, -0.15) is 0 Å². The third-order valence-electron chi connectivity index (χ3n) is 3.71. The molecular formula is C14H21N3O. The summed E-state index contributed by atoms with van der Waals surface area (Å²) in [7, 11) is 0. The maximum atomic E-state index is 11.7. The van der Waals surface area contributed by atoms with Crippen LogP contribution in [-0.4, -0.2) is 23.4 Å². The normalized spacial score (nSPS) is 20.7. The van der Waals surface area contributed by atoms with Gasteiger partial charge in [-0.05, 0) is 37.9 Å². The molecule has 18 heavy (non-hydrogen) atoms. The van der Waals surface area contributed by atoms with E-state index in [-0.39, 0.29) is 5.91 Å². The van der Waals surface area contributed by atoms with Crippen LogP contribution < -0.4 is 11.3 Å². The molecule has 0 aromatic heterocycles.